The van der Waals surface area contributed by atoms with Crippen LogP contribution in [0.4, 0.5) is 0 Å². The van der Waals surface area contributed by atoms with E-state index in [1.165, 1.54) is 6.42 Å². The zero-order chi connectivity index (χ0) is 12.9. The molecule has 2 nitrogen and oxygen atoms in total. The highest BCUT2D eigenvalue weighted by molar-refractivity contribution is 8.14. The van der Waals surface area contributed by atoms with Gasteiger partial charge in [0.15, 0.2) is 5.17 Å². The average Bonchev–Trinajstić information content (AvgIpc) is 2.56. The average molecular weight is 254 g/mol. The van der Waals surface area contributed by atoms with Crippen LogP contribution in [-0.2, 0) is 0 Å². The van der Waals surface area contributed by atoms with E-state index in [0.29, 0.717) is 10.8 Å². The number of nitrogens with zero attached hydrogens (tertiary/aromatic N) is 1. The van der Waals surface area contributed by atoms with Crippen LogP contribution in [0.25, 0.3) is 0 Å². The molecule has 1 unspecified atom stereocenters. The Kier molecular flexibility index (Phi) is 3.05. The van der Waals surface area contributed by atoms with Gasteiger partial charge in [0, 0.05) is 17.8 Å². The van der Waals surface area contributed by atoms with Crippen LogP contribution in [0.1, 0.15) is 48.0 Å². The van der Waals surface area contributed by atoms with Gasteiger partial charge in [0.2, 0.25) is 0 Å². The van der Waals surface area contributed by atoms with E-state index in [1.54, 1.807) is 0 Å². The van der Waals surface area contributed by atoms with Crippen molar-refractivity contribution in [3.05, 3.63) is 0 Å². The molecular formula is C14H26N2S. The Hall–Kier alpha value is -0.180. The Morgan fingerprint density at radius 3 is 2.24 bits per heavy atom. The van der Waals surface area contributed by atoms with Crippen molar-refractivity contribution in [2.75, 3.05) is 12.3 Å². The molecule has 1 N–H and O–H groups in total. The molecule has 0 aromatic rings. The molecule has 1 atom stereocenters. The van der Waals surface area contributed by atoms with Gasteiger partial charge in [0.05, 0.1) is 0 Å². The van der Waals surface area contributed by atoms with Crippen molar-refractivity contribution < 1.29 is 0 Å². The van der Waals surface area contributed by atoms with Crippen LogP contribution >= 0.6 is 11.8 Å². The van der Waals surface area contributed by atoms with Crippen LogP contribution in [-0.4, -0.2) is 23.0 Å². The molecule has 1 saturated heterocycles. The maximum Gasteiger partial charge on any atom is 0.157 e. The van der Waals surface area contributed by atoms with E-state index >= 15 is 0 Å². The van der Waals surface area contributed by atoms with Gasteiger partial charge in [-0.15, -0.1) is 0 Å². The van der Waals surface area contributed by atoms with E-state index in [-0.39, 0.29) is 5.54 Å². The zero-order valence-electron chi connectivity index (χ0n) is 12.1. The Morgan fingerprint density at radius 2 is 1.82 bits per heavy atom. The summed E-state index contributed by atoms with van der Waals surface area (Å²) in [5.41, 5.74) is 1.17. The molecule has 0 aromatic carbocycles. The van der Waals surface area contributed by atoms with Gasteiger partial charge < -0.3 is 5.32 Å². The quantitative estimate of drug-likeness (QED) is 0.833. The van der Waals surface area contributed by atoms with Crippen molar-refractivity contribution in [1.29, 1.82) is 0 Å². The van der Waals surface area contributed by atoms with E-state index in [1.807, 2.05) is 11.8 Å². The third-order valence-corrected chi connectivity index (χ3v) is 6.74. The highest BCUT2D eigenvalue weighted by Crippen LogP contribution is 2.68. The van der Waals surface area contributed by atoms with E-state index in [0.717, 1.165) is 23.4 Å². The number of hydrogen-bond acceptors (Lipinski definition) is 2. The minimum Gasteiger partial charge on any atom is -0.359 e. The summed E-state index contributed by atoms with van der Waals surface area (Å²) in [7, 11) is 0. The van der Waals surface area contributed by atoms with Crippen LogP contribution in [0.5, 0.6) is 0 Å². The molecule has 17 heavy (non-hydrogen) atoms. The standard InChI is InChI=1S/C14H26N2S/c1-7-14(6)9-17-11(16-14)15-8-10-12(2,3)13(10,4)5/h10H,7-9H2,1-6H3,(H,15,16). The molecular weight excluding hydrogens is 228 g/mol. The molecule has 0 amide bonds. The molecule has 0 bridgehead atoms. The van der Waals surface area contributed by atoms with Gasteiger partial charge >= 0.3 is 0 Å². The number of nitrogens with one attached hydrogen (secondary N) is 1. The second-order valence-electron chi connectivity index (χ2n) is 6.97. The SMILES string of the molecule is CCC1(C)CSC(=NCC2C(C)(C)C2(C)C)N1. The van der Waals surface area contributed by atoms with Crippen molar-refractivity contribution >= 4 is 16.9 Å². The largest absolute Gasteiger partial charge is 0.359 e. The highest BCUT2D eigenvalue weighted by atomic mass is 32.2. The number of thioether (sulfide) groups is 1. The van der Waals surface area contributed by atoms with Crippen LogP contribution in [0.3, 0.4) is 0 Å². The lowest BCUT2D eigenvalue weighted by Gasteiger charge is -2.20. The smallest absolute Gasteiger partial charge is 0.157 e. The minimum absolute atomic E-state index is 0.262. The Morgan fingerprint density at radius 1 is 1.24 bits per heavy atom. The summed E-state index contributed by atoms with van der Waals surface area (Å²) in [5.74, 6) is 1.89. The number of amidine groups is 1. The second kappa shape index (κ2) is 3.91. The second-order valence-corrected chi connectivity index (χ2v) is 7.93. The minimum atomic E-state index is 0.262. The first-order chi connectivity index (χ1) is 7.73. The lowest BCUT2D eigenvalue weighted by molar-refractivity contribution is 0.457. The van der Waals surface area contributed by atoms with Crippen LogP contribution in [0.2, 0.25) is 0 Å². The fraction of sp³-hybridized carbons (Fsp3) is 0.929. The third-order valence-electron chi connectivity index (χ3n) is 5.45. The Bertz CT molecular complexity index is 332. The Labute approximate surface area is 110 Å². The number of rotatable bonds is 3. The summed E-state index contributed by atoms with van der Waals surface area (Å²) in [4.78, 5) is 4.79. The monoisotopic (exact) mass is 254 g/mol. The molecule has 1 saturated carbocycles. The maximum absolute atomic E-state index is 4.79. The first kappa shape index (κ1) is 13.3. The van der Waals surface area contributed by atoms with Crippen LogP contribution in [0.15, 0.2) is 4.99 Å². The predicted octanol–water partition coefficient (Wildman–Crippen LogP) is 3.53. The van der Waals surface area contributed by atoms with Crippen molar-refractivity contribution in [3.63, 3.8) is 0 Å². The first-order valence-electron chi connectivity index (χ1n) is 6.68. The molecule has 3 heteroatoms. The molecule has 1 heterocycles. The summed E-state index contributed by atoms with van der Waals surface area (Å²) >= 11 is 1.88. The van der Waals surface area contributed by atoms with Crippen LogP contribution in [0, 0.1) is 16.7 Å². The van der Waals surface area contributed by atoms with Gasteiger partial charge in [0.25, 0.3) is 0 Å². The summed E-state index contributed by atoms with van der Waals surface area (Å²) < 4.78 is 0. The summed E-state index contributed by atoms with van der Waals surface area (Å²) in [5, 5.41) is 4.73. The van der Waals surface area contributed by atoms with Gasteiger partial charge in [-0.3, -0.25) is 4.99 Å². The van der Waals surface area contributed by atoms with E-state index in [9.17, 15) is 0 Å². The van der Waals surface area contributed by atoms with Gasteiger partial charge in [0.1, 0.15) is 0 Å². The zero-order valence-corrected chi connectivity index (χ0v) is 12.9. The van der Waals surface area contributed by atoms with Gasteiger partial charge in [-0.05, 0) is 30.1 Å². The number of hydrogen-bond donors (Lipinski definition) is 1. The third kappa shape index (κ3) is 2.11. The topological polar surface area (TPSA) is 24.4 Å². The van der Waals surface area contributed by atoms with Crippen molar-refractivity contribution in [2.24, 2.45) is 21.7 Å². The Balaban J connectivity index is 1.92. The van der Waals surface area contributed by atoms with Crippen molar-refractivity contribution in [2.45, 2.75) is 53.5 Å². The van der Waals surface area contributed by atoms with Gasteiger partial charge in [-0.1, -0.05) is 46.4 Å². The lowest BCUT2D eigenvalue weighted by atomic mass is 10.0. The summed E-state index contributed by atoms with van der Waals surface area (Å²) in [6, 6.07) is 0. The molecule has 2 aliphatic rings. The molecule has 0 aromatic heterocycles. The lowest BCUT2D eigenvalue weighted by Crippen LogP contribution is -2.39. The maximum atomic E-state index is 4.79. The molecule has 1 aliphatic heterocycles. The van der Waals surface area contributed by atoms with E-state index < -0.39 is 0 Å². The van der Waals surface area contributed by atoms with E-state index in [2.05, 4.69) is 46.9 Å². The molecule has 0 spiro atoms. The van der Waals surface area contributed by atoms with Gasteiger partial charge in [-0.2, -0.15) is 0 Å². The molecule has 2 fully saturated rings. The molecule has 1 aliphatic carbocycles. The predicted molar refractivity (Wildman–Crippen MR) is 77.6 cm³/mol. The van der Waals surface area contributed by atoms with Gasteiger partial charge in [-0.25, -0.2) is 0 Å². The van der Waals surface area contributed by atoms with Crippen molar-refractivity contribution in [3.8, 4) is 0 Å². The fourth-order valence-electron chi connectivity index (χ4n) is 2.80. The first-order valence-corrected chi connectivity index (χ1v) is 7.67. The molecule has 98 valence electrons. The van der Waals surface area contributed by atoms with Crippen molar-refractivity contribution in [1.82, 2.24) is 5.32 Å². The molecule has 0 radical (unpaired) electrons. The van der Waals surface area contributed by atoms with E-state index in [4.69, 9.17) is 4.99 Å². The molecule has 2 rings (SSSR count). The summed E-state index contributed by atoms with van der Waals surface area (Å²) in [6.07, 6.45) is 1.17. The van der Waals surface area contributed by atoms with Crippen LogP contribution < -0.4 is 5.32 Å². The normalized spacial score (nSPS) is 37.2. The fourth-order valence-corrected chi connectivity index (χ4v) is 4.01. The summed E-state index contributed by atoms with van der Waals surface area (Å²) in [6.45, 7) is 15.0. The number of aliphatic imine (C=N–C) groups is 1. The highest BCUT2D eigenvalue weighted by Gasteiger charge is 2.64.